The van der Waals surface area contributed by atoms with Crippen LogP contribution in [0.2, 0.25) is 0 Å². The lowest BCUT2D eigenvalue weighted by Gasteiger charge is -2.10. The molecule has 0 fully saturated rings. The molecule has 1 rings (SSSR count). The van der Waals surface area contributed by atoms with E-state index in [4.69, 9.17) is 5.11 Å². The van der Waals surface area contributed by atoms with E-state index in [1.54, 1.807) is 24.3 Å². The molecule has 0 radical (unpaired) electrons. The SMILES string of the molecule is O=CNC(CC(=O)c1ccccc1Br)C(=O)O. The first kappa shape index (κ1) is 13.4. The molecule has 0 saturated heterocycles. The van der Waals surface area contributed by atoms with E-state index >= 15 is 0 Å². The molecule has 2 N–H and O–H groups in total. The second-order valence-electron chi connectivity index (χ2n) is 3.28. The van der Waals surface area contributed by atoms with Crippen molar-refractivity contribution < 1.29 is 19.5 Å². The zero-order valence-electron chi connectivity index (χ0n) is 8.72. The van der Waals surface area contributed by atoms with Gasteiger partial charge in [-0.3, -0.25) is 9.59 Å². The molecule has 5 nitrogen and oxygen atoms in total. The van der Waals surface area contributed by atoms with Crippen LogP contribution in [0.5, 0.6) is 0 Å². The Morgan fingerprint density at radius 2 is 2.06 bits per heavy atom. The van der Waals surface area contributed by atoms with Crippen LogP contribution in [0.3, 0.4) is 0 Å². The summed E-state index contributed by atoms with van der Waals surface area (Å²) in [5.74, 6) is -1.59. The van der Waals surface area contributed by atoms with E-state index in [0.29, 0.717) is 10.0 Å². The van der Waals surface area contributed by atoms with Crippen molar-refractivity contribution in [2.45, 2.75) is 12.5 Å². The number of Topliss-reactive ketones (excluding diaryl/α,β-unsaturated/α-hetero) is 1. The smallest absolute Gasteiger partial charge is 0.326 e. The molecule has 0 aliphatic rings. The van der Waals surface area contributed by atoms with Gasteiger partial charge in [-0.05, 0) is 6.07 Å². The number of carbonyl (C=O) groups excluding carboxylic acids is 2. The monoisotopic (exact) mass is 299 g/mol. The van der Waals surface area contributed by atoms with Gasteiger partial charge in [0.1, 0.15) is 6.04 Å². The predicted molar refractivity (Wildman–Crippen MR) is 63.7 cm³/mol. The van der Waals surface area contributed by atoms with Crippen LogP contribution in [0.4, 0.5) is 0 Å². The lowest BCUT2D eigenvalue weighted by atomic mass is 10.0. The largest absolute Gasteiger partial charge is 0.480 e. The van der Waals surface area contributed by atoms with E-state index < -0.39 is 12.0 Å². The number of nitrogens with one attached hydrogen (secondary N) is 1. The van der Waals surface area contributed by atoms with E-state index in [1.807, 2.05) is 0 Å². The fourth-order valence-corrected chi connectivity index (χ4v) is 1.79. The lowest BCUT2D eigenvalue weighted by Crippen LogP contribution is -2.37. The summed E-state index contributed by atoms with van der Waals surface area (Å²) in [6.45, 7) is 0. The van der Waals surface area contributed by atoms with Crippen molar-refractivity contribution in [2.75, 3.05) is 0 Å². The van der Waals surface area contributed by atoms with Gasteiger partial charge in [-0.1, -0.05) is 34.1 Å². The Morgan fingerprint density at radius 1 is 1.41 bits per heavy atom. The maximum atomic E-state index is 11.8. The first-order valence-electron chi connectivity index (χ1n) is 4.76. The first-order valence-corrected chi connectivity index (χ1v) is 5.55. The molecular weight excluding hydrogens is 290 g/mol. The minimum absolute atomic E-state index is 0.270. The molecular formula is C11H10BrNO4. The van der Waals surface area contributed by atoms with E-state index in [-0.39, 0.29) is 18.6 Å². The quantitative estimate of drug-likeness (QED) is 0.611. The summed E-state index contributed by atoms with van der Waals surface area (Å²) in [7, 11) is 0. The number of carboxylic acids is 1. The molecule has 90 valence electrons. The minimum atomic E-state index is -1.24. The zero-order valence-corrected chi connectivity index (χ0v) is 10.3. The standard InChI is InChI=1S/C11H10BrNO4/c12-8-4-2-1-3-7(8)10(15)5-9(11(16)17)13-6-14/h1-4,6,9H,5H2,(H,13,14)(H,16,17). The number of ketones is 1. The number of benzene rings is 1. The van der Waals surface area contributed by atoms with Crippen LogP contribution in [0.1, 0.15) is 16.8 Å². The van der Waals surface area contributed by atoms with Gasteiger partial charge in [-0.25, -0.2) is 4.79 Å². The fraction of sp³-hybridized carbons (Fsp3) is 0.182. The molecule has 1 aromatic rings. The van der Waals surface area contributed by atoms with Crippen LogP contribution in [-0.4, -0.2) is 29.3 Å². The maximum absolute atomic E-state index is 11.8. The van der Waals surface area contributed by atoms with Crippen LogP contribution in [-0.2, 0) is 9.59 Å². The third kappa shape index (κ3) is 3.67. The molecule has 0 heterocycles. The Hall–Kier alpha value is -1.69. The van der Waals surface area contributed by atoms with Crippen molar-refractivity contribution in [3.8, 4) is 0 Å². The molecule has 1 amide bonds. The van der Waals surface area contributed by atoms with Crippen molar-refractivity contribution in [2.24, 2.45) is 0 Å². The molecule has 0 aromatic heterocycles. The Balaban J connectivity index is 2.81. The molecule has 0 bridgehead atoms. The molecule has 1 aromatic carbocycles. The molecule has 0 aliphatic carbocycles. The van der Waals surface area contributed by atoms with E-state index in [0.717, 1.165) is 0 Å². The summed E-state index contributed by atoms with van der Waals surface area (Å²) in [4.78, 5) is 32.8. The van der Waals surface area contributed by atoms with Crippen LogP contribution in [0, 0.1) is 0 Å². The Kier molecular flexibility index (Phi) is 4.84. The van der Waals surface area contributed by atoms with Gasteiger partial charge in [0.15, 0.2) is 5.78 Å². The summed E-state index contributed by atoms with van der Waals surface area (Å²) in [6.07, 6.45) is -0.0111. The Bertz CT molecular complexity index is 447. The average molecular weight is 300 g/mol. The third-order valence-corrected chi connectivity index (χ3v) is 2.82. The number of hydrogen-bond acceptors (Lipinski definition) is 3. The van der Waals surface area contributed by atoms with E-state index in [9.17, 15) is 14.4 Å². The molecule has 0 spiro atoms. The summed E-state index contributed by atoms with van der Waals surface area (Å²) in [6, 6.07) is 5.51. The number of carbonyl (C=O) groups is 3. The summed E-state index contributed by atoms with van der Waals surface area (Å²) >= 11 is 3.20. The highest BCUT2D eigenvalue weighted by molar-refractivity contribution is 9.10. The second kappa shape index (κ2) is 6.15. The van der Waals surface area contributed by atoms with Gasteiger partial charge in [0.2, 0.25) is 6.41 Å². The molecule has 1 atom stereocenters. The number of hydrogen-bond donors (Lipinski definition) is 2. The third-order valence-electron chi connectivity index (χ3n) is 2.13. The summed E-state index contributed by atoms with van der Waals surface area (Å²) < 4.78 is 0.597. The molecule has 6 heteroatoms. The van der Waals surface area contributed by atoms with Crippen molar-refractivity contribution >= 4 is 34.1 Å². The number of aliphatic carboxylic acids is 1. The van der Waals surface area contributed by atoms with Gasteiger partial charge in [0, 0.05) is 16.5 Å². The first-order chi connectivity index (χ1) is 8.06. The van der Waals surface area contributed by atoms with Crippen molar-refractivity contribution in [1.82, 2.24) is 5.32 Å². The topological polar surface area (TPSA) is 83.5 Å². The molecule has 1 unspecified atom stereocenters. The fourth-order valence-electron chi connectivity index (χ4n) is 1.28. The van der Waals surface area contributed by atoms with Crippen LogP contribution >= 0.6 is 15.9 Å². The Morgan fingerprint density at radius 3 is 2.59 bits per heavy atom. The van der Waals surface area contributed by atoms with Crippen molar-refractivity contribution in [3.63, 3.8) is 0 Å². The highest BCUT2D eigenvalue weighted by Gasteiger charge is 2.21. The molecule has 17 heavy (non-hydrogen) atoms. The number of rotatable bonds is 6. The van der Waals surface area contributed by atoms with Gasteiger partial charge in [-0.15, -0.1) is 0 Å². The van der Waals surface area contributed by atoms with Gasteiger partial charge in [0.25, 0.3) is 0 Å². The van der Waals surface area contributed by atoms with Gasteiger partial charge >= 0.3 is 5.97 Å². The van der Waals surface area contributed by atoms with Gasteiger partial charge in [-0.2, -0.15) is 0 Å². The highest BCUT2D eigenvalue weighted by Crippen LogP contribution is 2.18. The lowest BCUT2D eigenvalue weighted by molar-refractivity contribution is -0.140. The average Bonchev–Trinajstić information content (AvgIpc) is 2.28. The predicted octanol–water partition coefficient (Wildman–Crippen LogP) is 1.22. The van der Waals surface area contributed by atoms with Crippen LogP contribution in [0.25, 0.3) is 0 Å². The Labute approximate surface area is 106 Å². The van der Waals surface area contributed by atoms with Crippen LogP contribution < -0.4 is 5.32 Å². The number of amides is 1. The normalized spacial score (nSPS) is 11.6. The number of halogens is 1. The zero-order chi connectivity index (χ0) is 12.8. The molecule has 0 saturated carbocycles. The maximum Gasteiger partial charge on any atom is 0.326 e. The van der Waals surface area contributed by atoms with E-state index in [2.05, 4.69) is 21.2 Å². The summed E-state index contributed by atoms with van der Waals surface area (Å²) in [5.41, 5.74) is 0.395. The minimum Gasteiger partial charge on any atom is -0.480 e. The summed E-state index contributed by atoms with van der Waals surface area (Å²) in [5, 5.41) is 10.9. The highest BCUT2D eigenvalue weighted by atomic mass is 79.9. The molecule has 0 aliphatic heterocycles. The van der Waals surface area contributed by atoms with Gasteiger partial charge < -0.3 is 10.4 Å². The van der Waals surface area contributed by atoms with Crippen molar-refractivity contribution in [3.05, 3.63) is 34.3 Å². The number of carboxylic acid groups (broad SMARTS) is 1. The van der Waals surface area contributed by atoms with E-state index in [1.165, 1.54) is 0 Å². The second-order valence-corrected chi connectivity index (χ2v) is 4.14. The van der Waals surface area contributed by atoms with Crippen molar-refractivity contribution in [1.29, 1.82) is 0 Å². The van der Waals surface area contributed by atoms with Crippen LogP contribution in [0.15, 0.2) is 28.7 Å². The van der Waals surface area contributed by atoms with Gasteiger partial charge in [0.05, 0.1) is 0 Å².